The zero-order valence-electron chi connectivity index (χ0n) is 68.2. The van der Waals surface area contributed by atoms with Crippen molar-refractivity contribution in [2.24, 2.45) is 23.7 Å². The number of hydrogen-bond acceptors (Lipinski definition) is 18. The molecule has 4 saturated heterocycles. The number of ether oxygens (including phenoxy) is 2. The van der Waals surface area contributed by atoms with Crippen molar-refractivity contribution >= 4 is 69.2 Å². The van der Waals surface area contributed by atoms with Crippen LogP contribution in [0.5, 0.6) is 11.5 Å². The molecule has 0 unspecified atom stereocenters. The van der Waals surface area contributed by atoms with Gasteiger partial charge in [-0.05, 0) is 148 Å². The second-order valence-electron chi connectivity index (χ2n) is 32.2. The fourth-order valence-electron chi connectivity index (χ4n) is 15.3. The van der Waals surface area contributed by atoms with E-state index in [1.54, 1.807) is 45.3 Å². The largest absolute Gasteiger partial charge is 0.490 e. The van der Waals surface area contributed by atoms with Gasteiger partial charge >= 0.3 is 23.9 Å². The van der Waals surface area contributed by atoms with E-state index in [1.165, 1.54) is 86.4 Å². The molecular weight excluding hydrogens is 1590 g/mol. The Bertz CT molecular complexity index is 5540. The topological polar surface area (TPSA) is 232 Å². The van der Waals surface area contributed by atoms with Crippen LogP contribution in [0.3, 0.4) is 0 Å². The summed E-state index contributed by atoms with van der Waals surface area (Å²) >= 11 is 6.77. The minimum absolute atomic E-state index is 0.205. The quantitative estimate of drug-likeness (QED) is 0.0357. The maximum atomic E-state index is 10.9. The number of benzene rings is 9. The highest BCUT2D eigenvalue weighted by Gasteiger charge is 2.35. The van der Waals surface area contributed by atoms with Crippen LogP contribution in [-0.2, 0) is 58.4 Å². The predicted octanol–water partition coefficient (Wildman–Crippen LogP) is 21.3. The lowest BCUT2D eigenvalue weighted by atomic mass is 9.98. The van der Waals surface area contributed by atoms with Crippen molar-refractivity contribution in [1.82, 2.24) is 39.5 Å². The molecule has 18 nitrogen and oxygen atoms in total. The number of aliphatic carboxylic acids is 4. The number of thiazole rings is 4. The van der Waals surface area contributed by atoms with E-state index in [2.05, 4.69) is 254 Å². The summed E-state index contributed by atoms with van der Waals surface area (Å²) in [5, 5.41) is 40.0. The average molecular weight is 1690 g/mol. The molecule has 1 saturated carbocycles. The molecule has 4 aliphatic heterocycles. The molecule has 0 atom stereocenters. The van der Waals surface area contributed by atoms with Crippen LogP contribution in [-0.4, -0.2) is 142 Å². The van der Waals surface area contributed by atoms with Crippen LogP contribution < -0.4 is 9.47 Å². The minimum Gasteiger partial charge on any atom is -0.490 e. The van der Waals surface area contributed by atoms with Gasteiger partial charge in [-0.2, -0.15) is 0 Å². The van der Waals surface area contributed by atoms with Crippen LogP contribution in [0, 0.1) is 23.7 Å². The van der Waals surface area contributed by atoms with E-state index < -0.39 is 23.9 Å². The van der Waals surface area contributed by atoms with Crippen molar-refractivity contribution in [3.05, 3.63) is 288 Å². The summed E-state index contributed by atoms with van der Waals surface area (Å²) in [6.45, 7) is 15.4. The van der Waals surface area contributed by atoms with Crippen LogP contribution in [0.25, 0.3) is 84.0 Å². The Morgan fingerprint density at radius 2 is 0.645 bits per heavy atom. The number of carboxylic acids is 4. The first-order valence-corrected chi connectivity index (χ1v) is 44.9. The van der Waals surface area contributed by atoms with E-state index in [4.69, 9.17) is 29.9 Å². The monoisotopic (exact) mass is 1690 g/mol. The van der Waals surface area contributed by atoms with E-state index in [9.17, 15) is 19.2 Å². The molecular formula is C99H100N8O10S4. The van der Waals surface area contributed by atoms with E-state index in [0.717, 1.165) is 119 Å². The molecule has 620 valence electrons. The molecule has 121 heavy (non-hydrogen) atoms. The number of rotatable bonds is 28. The van der Waals surface area contributed by atoms with E-state index in [0.29, 0.717) is 71.0 Å². The zero-order valence-corrected chi connectivity index (χ0v) is 71.5. The zero-order chi connectivity index (χ0) is 83.7. The number of carboxylic acid groups (broad SMARTS) is 4. The molecule has 8 heterocycles. The lowest BCUT2D eigenvalue weighted by Gasteiger charge is -2.36. The Labute approximate surface area is 723 Å². The summed E-state index contributed by atoms with van der Waals surface area (Å²) in [6.07, 6.45) is 16.6. The average Bonchev–Trinajstić information content (AvgIpc) is 1.71. The van der Waals surface area contributed by atoms with Crippen LogP contribution in [0.15, 0.2) is 249 Å². The molecule has 22 heteroatoms. The van der Waals surface area contributed by atoms with Gasteiger partial charge in [0.05, 0.1) is 49.3 Å². The summed E-state index contributed by atoms with van der Waals surface area (Å²) in [6, 6.07) is 77.9. The normalized spacial score (nSPS) is 15.4. The van der Waals surface area contributed by atoms with Gasteiger partial charge in [0.15, 0.2) is 0 Å². The van der Waals surface area contributed by atoms with Gasteiger partial charge < -0.3 is 29.9 Å². The Morgan fingerprint density at radius 1 is 0.355 bits per heavy atom. The standard InChI is InChI=1S/C27H24N2O3S.C26H28N2O3S.2C23H24N2O2S/c30-27(31)23-16-29(17-23)15-19-6-8-22(9-7-19)26-28-14-25(33-26)21-10-12-24(13-11-21)32-18-20-4-2-1-3-5-20;29-26(30)21-16-28(17-21)15-18-6-8-20(9-7-18)25-27-14-24(32-25)19-10-12-23(13-11-19)31-22-4-2-1-3-5-22;1-15(2)17-7-9-18(10-8-17)21-11-24-22(28-21)19-5-3-16(4-6-19)12-25-13-20(14-25)23(26)27;1-2-3-16-4-8-18(9-5-16)21-12-24-22(28-21)19-10-6-17(7-11-19)13-25-14-20(15-25)23(26)27/h1-14,23H,15-18H2,(H,30,31);6-14,21-22H,1-5,15-17H2,(H,29,30);3-11,15,20H,12-14H2,1-2H3,(H,26,27);4-12,20H,2-3,13-15H2,1H3,(H,26,27). The molecule has 9 aromatic carbocycles. The van der Waals surface area contributed by atoms with Crippen LogP contribution in [0.1, 0.15) is 104 Å². The molecule has 0 radical (unpaired) electrons. The van der Waals surface area contributed by atoms with Crippen molar-refractivity contribution in [3.8, 4) is 95.5 Å². The number of likely N-dealkylation sites (tertiary alicyclic amines) is 4. The van der Waals surface area contributed by atoms with Gasteiger partial charge in [0.2, 0.25) is 0 Å². The van der Waals surface area contributed by atoms with Crippen LogP contribution in [0.4, 0.5) is 0 Å². The van der Waals surface area contributed by atoms with Crippen molar-refractivity contribution in [1.29, 1.82) is 0 Å². The third-order valence-corrected chi connectivity index (χ3v) is 27.1. The predicted molar refractivity (Wildman–Crippen MR) is 484 cm³/mol. The highest BCUT2D eigenvalue weighted by Crippen LogP contribution is 2.39. The summed E-state index contributed by atoms with van der Waals surface area (Å²) in [7, 11) is 0. The van der Waals surface area contributed by atoms with Crippen molar-refractivity contribution in [2.45, 2.75) is 111 Å². The lowest BCUT2D eigenvalue weighted by Crippen LogP contribution is -2.49. The molecule has 4 aromatic heterocycles. The van der Waals surface area contributed by atoms with Crippen molar-refractivity contribution < 1.29 is 49.1 Å². The Balaban J connectivity index is 0.000000126. The lowest BCUT2D eigenvalue weighted by molar-refractivity contribution is -0.148. The first kappa shape index (κ1) is 84.8. The Hall–Kier alpha value is -11.2. The van der Waals surface area contributed by atoms with Crippen molar-refractivity contribution in [3.63, 3.8) is 0 Å². The SMILES string of the molecule is CC(C)c1ccc(-c2cnc(-c3ccc(CN4CC(C(=O)O)C4)cc3)s2)cc1.CCCc1ccc(-c2cnc(-c3ccc(CN4CC(C(=O)O)C4)cc3)s2)cc1.O=C(O)C1CN(Cc2ccc(-c3ncc(-c4ccc(OC5CCCCC5)cc4)s3)cc2)C1.O=C(O)C1CN(Cc2ccc(-c3ncc(-c4ccc(OCc5ccccc5)cc4)s3)cc2)C1. The van der Waals surface area contributed by atoms with Gasteiger partial charge in [0.1, 0.15) is 38.1 Å². The fourth-order valence-corrected chi connectivity index (χ4v) is 19.0. The van der Waals surface area contributed by atoms with E-state index >= 15 is 0 Å². The maximum absolute atomic E-state index is 10.9. The molecule has 1 aliphatic carbocycles. The molecule has 18 rings (SSSR count). The molecule has 5 aliphatic rings. The van der Waals surface area contributed by atoms with Gasteiger partial charge in [-0.1, -0.05) is 210 Å². The first-order valence-electron chi connectivity index (χ1n) is 41.6. The smallest absolute Gasteiger partial charge is 0.309 e. The van der Waals surface area contributed by atoms with Gasteiger partial charge in [-0.15, -0.1) is 45.3 Å². The van der Waals surface area contributed by atoms with Gasteiger partial charge in [0, 0.05) is 126 Å². The Kier molecular flexibility index (Phi) is 28.4. The number of aryl methyl sites for hydroxylation is 1. The first-order chi connectivity index (χ1) is 58.9. The minimum atomic E-state index is -0.699. The maximum Gasteiger partial charge on any atom is 0.309 e. The van der Waals surface area contributed by atoms with Gasteiger partial charge in [0.25, 0.3) is 0 Å². The molecule has 13 aromatic rings. The summed E-state index contributed by atoms with van der Waals surface area (Å²) in [5.41, 5.74) is 17.8. The molecule has 0 bridgehead atoms. The van der Waals surface area contributed by atoms with Gasteiger partial charge in [-0.3, -0.25) is 38.8 Å². The van der Waals surface area contributed by atoms with Crippen LogP contribution >= 0.6 is 45.3 Å². The van der Waals surface area contributed by atoms with E-state index in [-0.39, 0.29) is 23.7 Å². The van der Waals surface area contributed by atoms with Crippen LogP contribution in [0.2, 0.25) is 0 Å². The van der Waals surface area contributed by atoms with Crippen molar-refractivity contribution in [2.75, 3.05) is 52.4 Å². The number of carbonyl (C=O) groups is 4. The van der Waals surface area contributed by atoms with Gasteiger partial charge in [-0.25, -0.2) is 19.9 Å². The summed E-state index contributed by atoms with van der Waals surface area (Å²) in [5.74, 6) is -1.27. The highest BCUT2D eigenvalue weighted by molar-refractivity contribution is 7.19. The number of nitrogens with zero attached hydrogens (tertiary/aromatic N) is 8. The molecule has 5 fully saturated rings. The second kappa shape index (κ2) is 40.5. The highest BCUT2D eigenvalue weighted by atomic mass is 32.1. The second-order valence-corrected chi connectivity index (χ2v) is 36.4. The van der Waals surface area contributed by atoms with E-state index in [1.807, 2.05) is 55.1 Å². The molecule has 0 amide bonds. The number of aromatic nitrogens is 4. The Morgan fingerprint density at radius 3 is 0.950 bits per heavy atom. The number of hydrogen-bond donors (Lipinski definition) is 4. The molecule has 4 N–H and O–H groups in total. The summed E-state index contributed by atoms with van der Waals surface area (Å²) < 4.78 is 12.0. The molecule has 0 spiro atoms. The summed E-state index contributed by atoms with van der Waals surface area (Å²) in [4.78, 5) is 75.4. The third-order valence-electron chi connectivity index (χ3n) is 22.7. The fraction of sp³-hybridized carbons (Fsp3) is 0.293. The third kappa shape index (κ3) is 22.9.